The van der Waals surface area contributed by atoms with Gasteiger partial charge in [-0.05, 0) is 63.0 Å². The fraction of sp³-hybridized carbons (Fsp3) is 0.469. The monoisotopic (exact) mass is 550 g/mol. The maximum atomic E-state index is 12.6. The first-order valence-electron chi connectivity index (χ1n) is 14.2. The molecule has 39 heavy (non-hydrogen) atoms. The molecular weight excluding hydrogens is 508 g/mol. The molecule has 6 nitrogen and oxygen atoms in total. The van der Waals surface area contributed by atoms with E-state index < -0.39 is 0 Å². The number of thioether (sulfide) groups is 1. The molecule has 0 aliphatic rings. The van der Waals surface area contributed by atoms with Crippen molar-refractivity contribution < 1.29 is 19.0 Å². The second kappa shape index (κ2) is 18.3. The number of ether oxygens (including phenoxy) is 3. The lowest BCUT2D eigenvalue weighted by Crippen LogP contribution is -2.21. The first kappa shape index (κ1) is 30.5. The van der Waals surface area contributed by atoms with Gasteiger partial charge in [0.1, 0.15) is 5.25 Å². The molecule has 0 fully saturated rings. The third-order valence-corrected chi connectivity index (χ3v) is 7.29. The second-order valence-electron chi connectivity index (χ2n) is 9.41. The number of benzene rings is 2. The van der Waals surface area contributed by atoms with Gasteiger partial charge >= 0.3 is 5.97 Å². The first-order valence-corrected chi connectivity index (χ1v) is 15.1. The quantitative estimate of drug-likeness (QED) is 0.0662. The summed E-state index contributed by atoms with van der Waals surface area (Å²) in [6.45, 7) is 5.40. The van der Waals surface area contributed by atoms with E-state index in [0.29, 0.717) is 43.2 Å². The van der Waals surface area contributed by atoms with Crippen LogP contribution in [0.2, 0.25) is 0 Å². The predicted octanol–water partition coefficient (Wildman–Crippen LogP) is 7.49. The van der Waals surface area contributed by atoms with Gasteiger partial charge in [-0.1, -0.05) is 92.2 Å². The van der Waals surface area contributed by atoms with Gasteiger partial charge in [-0.15, -0.1) is 0 Å². The van der Waals surface area contributed by atoms with E-state index in [4.69, 9.17) is 14.2 Å². The summed E-state index contributed by atoms with van der Waals surface area (Å²) >= 11 is 1.33. The van der Waals surface area contributed by atoms with Crippen molar-refractivity contribution in [1.29, 1.82) is 0 Å². The molecule has 1 unspecified atom stereocenters. The molecule has 1 aromatic heterocycles. The Morgan fingerprint density at radius 1 is 0.769 bits per heavy atom. The molecule has 1 atom stereocenters. The van der Waals surface area contributed by atoms with Gasteiger partial charge in [0.15, 0.2) is 5.16 Å². The van der Waals surface area contributed by atoms with Crippen LogP contribution in [-0.2, 0) is 22.4 Å². The number of hydrogen-bond acceptors (Lipinski definition) is 7. The number of unbranched alkanes of at least 4 members (excludes halogenated alkanes) is 3. The van der Waals surface area contributed by atoms with Crippen LogP contribution < -0.4 is 9.47 Å². The van der Waals surface area contributed by atoms with Crippen molar-refractivity contribution >= 4 is 17.7 Å². The molecule has 0 N–H and O–H groups in total. The van der Waals surface area contributed by atoms with E-state index in [-0.39, 0.29) is 11.2 Å². The minimum absolute atomic E-state index is 0.227. The molecule has 7 heteroatoms. The molecule has 0 spiro atoms. The largest absolute Gasteiger partial charge is 0.477 e. The second-order valence-corrected chi connectivity index (χ2v) is 10.6. The summed E-state index contributed by atoms with van der Waals surface area (Å²) in [5.41, 5.74) is 2.66. The molecule has 0 saturated carbocycles. The number of aromatic nitrogens is 2. The number of aryl methyl sites for hydroxylation is 2. The minimum atomic E-state index is -0.357. The maximum Gasteiger partial charge on any atom is 0.319 e. The van der Waals surface area contributed by atoms with Gasteiger partial charge in [-0.3, -0.25) is 4.79 Å². The lowest BCUT2D eigenvalue weighted by Gasteiger charge is -2.15. The Morgan fingerprint density at radius 3 is 1.79 bits per heavy atom. The zero-order valence-corrected chi connectivity index (χ0v) is 24.2. The lowest BCUT2D eigenvalue weighted by molar-refractivity contribution is -0.142. The lowest BCUT2D eigenvalue weighted by atomic mass is 10.1. The molecule has 0 amide bonds. The predicted molar refractivity (Wildman–Crippen MR) is 158 cm³/mol. The van der Waals surface area contributed by atoms with Crippen molar-refractivity contribution in [3.05, 3.63) is 77.9 Å². The number of rotatable bonds is 19. The van der Waals surface area contributed by atoms with E-state index in [2.05, 4.69) is 65.4 Å². The zero-order valence-electron chi connectivity index (χ0n) is 23.3. The summed E-state index contributed by atoms with van der Waals surface area (Å²) in [5.74, 6) is 0.726. The van der Waals surface area contributed by atoms with Crippen molar-refractivity contribution in [2.24, 2.45) is 0 Å². The highest BCUT2D eigenvalue weighted by atomic mass is 32.2. The van der Waals surface area contributed by atoms with Crippen molar-refractivity contribution in [2.75, 3.05) is 19.8 Å². The number of carbonyl (C=O) groups is 1. The van der Waals surface area contributed by atoms with Gasteiger partial charge in [0.05, 0.1) is 25.9 Å². The Kier molecular flexibility index (Phi) is 14.3. The van der Waals surface area contributed by atoms with Gasteiger partial charge in [0, 0.05) is 0 Å². The summed E-state index contributed by atoms with van der Waals surface area (Å²) in [6, 6.07) is 22.7. The number of nitrogens with zero attached hydrogens (tertiary/aromatic N) is 2. The first-order chi connectivity index (χ1) is 19.2. The molecular formula is C32H42N2O4S. The SMILES string of the molecule is CCCCC(Sc1nc(OCCCCc2ccccc2)cc(OCCCCc2ccccc2)n1)C(=O)OCC. The highest BCUT2D eigenvalue weighted by molar-refractivity contribution is 8.00. The van der Waals surface area contributed by atoms with Crippen LogP contribution in [0.15, 0.2) is 71.9 Å². The van der Waals surface area contributed by atoms with Crippen LogP contribution in [0.5, 0.6) is 11.8 Å². The molecule has 1 heterocycles. The van der Waals surface area contributed by atoms with Crippen LogP contribution in [0.4, 0.5) is 0 Å². The van der Waals surface area contributed by atoms with E-state index in [1.807, 2.05) is 19.1 Å². The Labute approximate surface area is 237 Å². The molecule has 2 aromatic carbocycles. The van der Waals surface area contributed by atoms with Crippen LogP contribution in [0.1, 0.15) is 69.9 Å². The molecule has 0 aliphatic carbocycles. The molecule has 0 saturated heterocycles. The average Bonchev–Trinajstić information content (AvgIpc) is 2.96. The van der Waals surface area contributed by atoms with Crippen LogP contribution >= 0.6 is 11.8 Å². The standard InChI is InChI=1S/C32H42N2O4S/c1-3-5-22-28(31(35)36-4-2)39-32-33-29(37-23-14-12-20-26-16-8-6-9-17-26)25-30(34-32)38-24-15-13-21-27-18-10-7-11-19-27/h6-11,16-19,25,28H,3-5,12-15,20-24H2,1-2H3. The van der Waals surface area contributed by atoms with Crippen LogP contribution in [0.25, 0.3) is 0 Å². The number of carbonyl (C=O) groups excluding carboxylic acids is 1. The Balaban J connectivity index is 1.58. The van der Waals surface area contributed by atoms with Crippen molar-refractivity contribution in [3.8, 4) is 11.8 Å². The molecule has 0 radical (unpaired) electrons. The number of hydrogen-bond donors (Lipinski definition) is 0. The smallest absolute Gasteiger partial charge is 0.319 e. The summed E-state index contributed by atoms with van der Waals surface area (Å²) in [4.78, 5) is 21.8. The third kappa shape index (κ3) is 12.1. The van der Waals surface area contributed by atoms with Gasteiger partial charge in [-0.25, -0.2) is 0 Å². The van der Waals surface area contributed by atoms with Gasteiger partial charge in [-0.2, -0.15) is 9.97 Å². The normalized spacial score (nSPS) is 11.6. The Hall–Kier alpha value is -3.06. The Morgan fingerprint density at radius 2 is 1.31 bits per heavy atom. The van der Waals surface area contributed by atoms with E-state index in [0.717, 1.165) is 51.4 Å². The molecule has 210 valence electrons. The molecule has 3 rings (SSSR count). The van der Waals surface area contributed by atoms with E-state index in [1.54, 1.807) is 6.07 Å². The highest BCUT2D eigenvalue weighted by Gasteiger charge is 2.23. The maximum absolute atomic E-state index is 12.6. The van der Waals surface area contributed by atoms with Gasteiger partial charge in [0.2, 0.25) is 11.8 Å². The van der Waals surface area contributed by atoms with Crippen LogP contribution in [0.3, 0.4) is 0 Å². The third-order valence-electron chi connectivity index (χ3n) is 6.18. The summed E-state index contributed by atoms with van der Waals surface area (Å²) in [6.07, 6.45) is 8.57. The fourth-order valence-electron chi connectivity index (χ4n) is 4.07. The van der Waals surface area contributed by atoms with E-state index in [1.165, 1.54) is 22.9 Å². The molecule has 0 bridgehead atoms. The molecule has 0 aliphatic heterocycles. The van der Waals surface area contributed by atoms with Crippen LogP contribution in [-0.4, -0.2) is 41.0 Å². The average molecular weight is 551 g/mol. The highest BCUT2D eigenvalue weighted by Crippen LogP contribution is 2.29. The van der Waals surface area contributed by atoms with Gasteiger partial charge < -0.3 is 14.2 Å². The topological polar surface area (TPSA) is 70.5 Å². The summed E-state index contributed by atoms with van der Waals surface area (Å²) in [5, 5.41) is 0.120. The number of esters is 1. The minimum Gasteiger partial charge on any atom is -0.477 e. The van der Waals surface area contributed by atoms with Crippen molar-refractivity contribution in [2.45, 2.75) is 82.0 Å². The Bertz CT molecular complexity index is 1010. The van der Waals surface area contributed by atoms with E-state index in [9.17, 15) is 4.79 Å². The summed E-state index contributed by atoms with van der Waals surface area (Å²) < 4.78 is 17.4. The zero-order chi connectivity index (χ0) is 27.5. The van der Waals surface area contributed by atoms with Crippen LogP contribution in [0, 0.1) is 0 Å². The van der Waals surface area contributed by atoms with E-state index >= 15 is 0 Å². The van der Waals surface area contributed by atoms with Crippen molar-refractivity contribution in [3.63, 3.8) is 0 Å². The molecule has 3 aromatic rings. The van der Waals surface area contributed by atoms with Gasteiger partial charge in [0.25, 0.3) is 0 Å². The fourth-order valence-corrected chi connectivity index (χ4v) is 5.05. The summed E-state index contributed by atoms with van der Waals surface area (Å²) in [7, 11) is 0. The van der Waals surface area contributed by atoms with Crippen molar-refractivity contribution in [1.82, 2.24) is 9.97 Å².